The lowest BCUT2D eigenvalue weighted by molar-refractivity contribution is 0.111. The van der Waals surface area contributed by atoms with E-state index in [1.807, 2.05) is 0 Å². The third-order valence-electron chi connectivity index (χ3n) is 1.42. The maximum Gasteiger partial charge on any atom is 0.169 e. The fraction of sp³-hybridized carbons (Fsp3) is 0.167. The van der Waals surface area contributed by atoms with Gasteiger partial charge in [0, 0.05) is 13.2 Å². The van der Waals surface area contributed by atoms with Crippen molar-refractivity contribution < 1.29 is 13.4 Å². The van der Waals surface area contributed by atoms with Gasteiger partial charge in [-0.3, -0.25) is 4.79 Å². The van der Waals surface area contributed by atoms with Crippen LogP contribution in [0.15, 0.2) is 11.1 Å². The average Bonchev–Trinajstić information content (AvgIpc) is 2.27. The Balaban J connectivity index is 3.35. The normalized spacial score (nSPS) is 12.9. The highest BCUT2D eigenvalue weighted by Crippen LogP contribution is 2.18. The molecule has 1 atom stereocenters. The molecule has 0 saturated heterocycles. The van der Waals surface area contributed by atoms with Crippen LogP contribution in [0, 0.1) is 5.82 Å². The van der Waals surface area contributed by atoms with Gasteiger partial charge in [0.05, 0.1) is 0 Å². The van der Waals surface area contributed by atoms with Gasteiger partial charge in [0.2, 0.25) is 0 Å². The zero-order valence-corrected chi connectivity index (χ0v) is 7.66. The maximum absolute atomic E-state index is 13.0. The fourth-order valence-electron chi connectivity index (χ4n) is 0.830. The highest BCUT2D eigenvalue weighted by Gasteiger charge is 2.16. The summed E-state index contributed by atoms with van der Waals surface area (Å²) in [5, 5.41) is 0. The van der Waals surface area contributed by atoms with Crippen molar-refractivity contribution in [2.24, 2.45) is 7.05 Å². The summed E-state index contributed by atoms with van der Waals surface area (Å²) in [4.78, 5) is 10.1. The molecule has 1 unspecified atom stereocenters. The van der Waals surface area contributed by atoms with Crippen LogP contribution in [0.3, 0.4) is 0 Å². The molecule has 1 aromatic heterocycles. The Morgan fingerprint density at radius 3 is 2.58 bits per heavy atom. The molecule has 0 bridgehead atoms. The second-order valence-corrected chi connectivity index (χ2v) is 3.87. The zero-order chi connectivity index (χ0) is 9.30. The first kappa shape index (κ1) is 9.41. The molecule has 0 aliphatic rings. The molecule has 6 heteroatoms. The maximum atomic E-state index is 13.0. The summed E-state index contributed by atoms with van der Waals surface area (Å²) in [5.74, 6) is -0.819. The number of carbonyl (C=O) groups is 1. The molecule has 3 nitrogen and oxygen atoms in total. The van der Waals surface area contributed by atoms with Crippen molar-refractivity contribution in [3.63, 3.8) is 0 Å². The van der Waals surface area contributed by atoms with E-state index in [0.717, 1.165) is 0 Å². The second kappa shape index (κ2) is 3.37. The van der Waals surface area contributed by atoms with Crippen LogP contribution in [-0.2, 0) is 17.1 Å². The zero-order valence-electron chi connectivity index (χ0n) is 6.08. The van der Waals surface area contributed by atoms with E-state index in [9.17, 15) is 13.4 Å². The number of carbonyl (C=O) groups excluding carboxylic acids is 1. The molecule has 0 aliphatic carbocycles. The summed E-state index contributed by atoms with van der Waals surface area (Å²) in [6.07, 6.45) is 1.57. The molecule has 12 heavy (non-hydrogen) atoms. The van der Waals surface area contributed by atoms with Gasteiger partial charge in [-0.15, -0.1) is 0 Å². The largest absolute Gasteiger partial charge is 0.345 e. The number of hydrogen-bond acceptors (Lipinski definition) is 2. The van der Waals surface area contributed by atoms with Crippen LogP contribution in [0.2, 0.25) is 0 Å². The van der Waals surface area contributed by atoms with Crippen LogP contribution >= 0.6 is 10.7 Å². The van der Waals surface area contributed by atoms with Gasteiger partial charge in [0.15, 0.2) is 22.1 Å². The average molecular weight is 210 g/mol. The predicted molar refractivity (Wildman–Crippen MR) is 43.0 cm³/mol. The second-order valence-electron chi connectivity index (χ2n) is 2.14. The number of aldehydes is 1. The van der Waals surface area contributed by atoms with E-state index in [1.54, 1.807) is 0 Å². The third kappa shape index (κ3) is 1.42. The quantitative estimate of drug-likeness (QED) is 0.543. The van der Waals surface area contributed by atoms with Crippen molar-refractivity contribution in [2.45, 2.75) is 4.90 Å². The topological polar surface area (TPSA) is 39.1 Å². The van der Waals surface area contributed by atoms with Crippen molar-refractivity contribution >= 4 is 27.0 Å². The molecule has 0 aliphatic heterocycles. The summed E-state index contributed by atoms with van der Waals surface area (Å²) in [7, 11) is 4.71. The summed E-state index contributed by atoms with van der Waals surface area (Å²) in [6.45, 7) is 0. The van der Waals surface area contributed by atoms with Crippen molar-refractivity contribution in [1.29, 1.82) is 0 Å². The molecule has 0 amide bonds. The number of aryl methyl sites for hydroxylation is 1. The summed E-state index contributed by atoms with van der Waals surface area (Å²) >= 11 is 0. The molecule has 1 heterocycles. The molecule has 0 saturated carbocycles. The first-order valence-electron chi connectivity index (χ1n) is 2.96. The Morgan fingerprint density at radius 1 is 1.75 bits per heavy atom. The van der Waals surface area contributed by atoms with Gasteiger partial charge in [0.25, 0.3) is 0 Å². The monoisotopic (exact) mass is 209 g/mol. The van der Waals surface area contributed by atoms with Crippen LogP contribution in [0.4, 0.5) is 4.39 Å². The third-order valence-corrected chi connectivity index (χ3v) is 2.55. The Morgan fingerprint density at radius 2 is 2.33 bits per heavy atom. The van der Waals surface area contributed by atoms with Gasteiger partial charge >= 0.3 is 0 Å². The van der Waals surface area contributed by atoms with Gasteiger partial charge in [-0.05, 0) is 10.7 Å². The summed E-state index contributed by atoms with van der Waals surface area (Å²) in [6, 6.07) is 0. The first-order chi connectivity index (χ1) is 5.57. The molecule has 0 spiro atoms. The standard InChI is InChI=1S/C6H5ClFNO2S/c1-9-2-5(12(7)11)6(8)4(9)3-10/h2-3H,1H3. The predicted octanol–water partition coefficient (Wildman–Crippen LogP) is 1.24. The molecule has 0 N–H and O–H groups in total. The Bertz CT molecular complexity index is 350. The first-order valence-corrected chi connectivity index (χ1v) is 4.93. The Hall–Kier alpha value is -0.680. The fourth-order valence-corrected chi connectivity index (χ4v) is 1.64. The molecule has 66 valence electrons. The van der Waals surface area contributed by atoms with Crippen LogP contribution in [0.1, 0.15) is 10.5 Å². The molecular weight excluding hydrogens is 205 g/mol. The van der Waals surface area contributed by atoms with Crippen LogP contribution in [-0.4, -0.2) is 15.1 Å². The highest BCUT2D eigenvalue weighted by molar-refractivity contribution is 8.08. The van der Waals surface area contributed by atoms with E-state index in [-0.39, 0.29) is 10.6 Å². The lowest BCUT2D eigenvalue weighted by Crippen LogP contribution is -1.94. The molecule has 0 fully saturated rings. The lowest BCUT2D eigenvalue weighted by atomic mass is 10.4. The lowest BCUT2D eigenvalue weighted by Gasteiger charge is -1.89. The van der Waals surface area contributed by atoms with Gasteiger partial charge < -0.3 is 4.57 Å². The van der Waals surface area contributed by atoms with E-state index >= 15 is 0 Å². The van der Waals surface area contributed by atoms with Gasteiger partial charge in [-0.25, -0.2) is 8.60 Å². The van der Waals surface area contributed by atoms with E-state index in [2.05, 4.69) is 0 Å². The van der Waals surface area contributed by atoms with E-state index in [0.29, 0.717) is 6.29 Å². The van der Waals surface area contributed by atoms with E-state index < -0.39 is 15.8 Å². The molecule has 0 aromatic carbocycles. The van der Waals surface area contributed by atoms with Crippen LogP contribution < -0.4 is 0 Å². The number of halogens is 2. The van der Waals surface area contributed by atoms with Crippen LogP contribution in [0.25, 0.3) is 0 Å². The van der Waals surface area contributed by atoms with Gasteiger partial charge in [0.1, 0.15) is 10.6 Å². The van der Waals surface area contributed by atoms with E-state index in [1.165, 1.54) is 17.8 Å². The Kier molecular flexibility index (Phi) is 2.64. The minimum atomic E-state index is -1.91. The summed E-state index contributed by atoms with van der Waals surface area (Å²) < 4.78 is 24.9. The molecule has 1 aromatic rings. The van der Waals surface area contributed by atoms with Gasteiger partial charge in [-0.2, -0.15) is 0 Å². The van der Waals surface area contributed by atoms with Crippen molar-refractivity contribution in [3.8, 4) is 0 Å². The molecular formula is C6H5ClFNO2S. The number of nitrogens with zero attached hydrogens (tertiary/aromatic N) is 1. The number of aromatic nitrogens is 1. The Labute approximate surface area is 75.1 Å². The smallest absolute Gasteiger partial charge is 0.169 e. The number of rotatable bonds is 2. The van der Waals surface area contributed by atoms with Gasteiger partial charge in [-0.1, -0.05) is 0 Å². The van der Waals surface area contributed by atoms with Crippen LogP contribution in [0.5, 0.6) is 0 Å². The van der Waals surface area contributed by atoms with Crippen molar-refractivity contribution in [3.05, 3.63) is 17.7 Å². The number of hydrogen-bond donors (Lipinski definition) is 0. The van der Waals surface area contributed by atoms with Crippen molar-refractivity contribution in [1.82, 2.24) is 4.57 Å². The SMILES string of the molecule is Cn1cc(S(=O)Cl)c(F)c1C=O. The van der Waals surface area contributed by atoms with E-state index in [4.69, 9.17) is 10.7 Å². The minimum Gasteiger partial charge on any atom is -0.345 e. The minimum absolute atomic E-state index is 0.154. The highest BCUT2D eigenvalue weighted by atomic mass is 35.7. The molecule has 0 radical (unpaired) electrons. The van der Waals surface area contributed by atoms with Crippen molar-refractivity contribution in [2.75, 3.05) is 0 Å². The molecule has 1 rings (SSSR count). The summed E-state index contributed by atoms with van der Waals surface area (Å²) in [5.41, 5.74) is -0.154.